The van der Waals surface area contributed by atoms with Crippen LogP contribution in [0.1, 0.15) is 26.7 Å². The van der Waals surface area contributed by atoms with Gasteiger partial charge in [-0.25, -0.2) is 0 Å². The number of rotatable bonds is 5. The van der Waals surface area contributed by atoms with Gasteiger partial charge in [-0.2, -0.15) is 0 Å². The lowest BCUT2D eigenvalue weighted by Gasteiger charge is -2.20. The number of carbonyl (C=O) groups is 1. The van der Waals surface area contributed by atoms with E-state index < -0.39 is 11.5 Å². The Morgan fingerprint density at radius 1 is 1.67 bits per heavy atom. The van der Waals surface area contributed by atoms with Crippen molar-refractivity contribution in [1.82, 2.24) is 0 Å². The van der Waals surface area contributed by atoms with Crippen LogP contribution in [0.25, 0.3) is 0 Å². The summed E-state index contributed by atoms with van der Waals surface area (Å²) >= 11 is 0. The summed E-state index contributed by atoms with van der Waals surface area (Å²) in [6, 6.07) is 0. The third kappa shape index (κ3) is 3.69. The first-order chi connectivity index (χ1) is 5.40. The monoisotopic (exact) mass is 174 g/mol. The fraction of sp³-hybridized carbons (Fsp3) is 0.875. The van der Waals surface area contributed by atoms with Crippen LogP contribution in [0.5, 0.6) is 0 Å². The lowest BCUT2D eigenvalue weighted by Crippen LogP contribution is -2.41. The Kier molecular flexibility index (Phi) is 4.20. The van der Waals surface area contributed by atoms with Crippen molar-refractivity contribution in [2.75, 3.05) is 6.54 Å². The molecule has 0 aliphatic heterocycles. The van der Waals surface area contributed by atoms with Crippen molar-refractivity contribution in [3.05, 3.63) is 0 Å². The highest BCUT2D eigenvalue weighted by Gasteiger charge is 2.27. The fourth-order valence-electron chi connectivity index (χ4n) is 0.769. The first-order valence-electron chi connectivity index (χ1n) is 4.12. The number of amides is 1. The van der Waals surface area contributed by atoms with Gasteiger partial charge in [0.2, 0.25) is 5.91 Å². The highest BCUT2D eigenvalue weighted by molar-refractivity contribution is 5.82. The number of hydrogen-bond acceptors (Lipinski definition) is 3. The van der Waals surface area contributed by atoms with Crippen LogP contribution in [-0.2, 0) is 4.79 Å². The Morgan fingerprint density at radius 3 is 2.50 bits per heavy atom. The van der Waals surface area contributed by atoms with Crippen molar-refractivity contribution < 1.29 is 9.90 Å². The Morgan fingerprint density at radius 2 is 2.17 bits per heavy atom. The molecule has 0 saturated carbocycles. The quantitative estimate of drug-likeness (QED) is 0.529. The predicted octanol–water partition coefficient (Wildman–Crippen LogP) is -0.402. The molecule has 0 spiro atoms. The zero-order chi connectivity index (χ0) is 9.78. The van der Waals surface area contributed by atoms with E-state index in [4.69, 9.17) is 11.5 Å². The molecule has 0 fully saturated rings. The summed E-state index contributed by atoms with van der Waals surface area (Å²) in [6.45, 7) is 3.96. The van der Waals surface area contributed by atoms with Crippen LogP contribution in [0.3, 0.4) is 0 Å². The van der Waals surface area contributed by atoms with Gasteiger partial charge in [0.05, 0.1) is 0 Å². The van der Waals surface area contributed by atoms with E-state index in [2.05, 4.69) is 0 Å². The van der Waals surface area contributed by atoms with Crippen LogP contribution in [-0.4, -0.2) is 23.2 Å². The van der Waals surface area contributed by atoms with E-state index in [1.165, 1.54) is 6.92 Å². The summed E-state index contributed by atoms with van der Waals surface area (Å²) in [6.07, 6.45) is 1.09. The lowest BCUT2D eigenvalue weighted by atomic mass is 9.94. The zero-order valence-corrected chi connectivity index (χ0v) is 7.71. The average molecular weight is 174 g/mol. The summed E-state index contributed by atoms with van der Waals surface area (Å²) in [5.41, 5.74) is 8.97. The number of nitrogens with two attached hydrogens (primary N) is 2. The SMILES string of the molecule is C[C@@H](CN)CC[C@@](C)(O)C(N)=O. The van der Waals surface area contributed by atoms with E-state index in [0.29, 0.717) is 25.3 Å². The molecule has 0 heterocycles. The first kappa shape index (κ1) is 11.4. The van der Waals surface area contributed by atoms with Crippen molar-refractivity contribution in [2.45, 2.75) is 32.3 Å². The van der Waals surface area contributed by atoms with Crippen molar-refractivity contribution in [3.63, 3.8) is 0 Å². The van der Waals surface area contributed by atoms with Gasteiger partial charge >= 0.3 is 0 Å². The van der Waals surface area contributed by atoms with Gasteiger partial charge in [-0.3, -0.25) is 4.79 Å². The Bertz CT molecular complexity index is 157. The second-order valence-corrected chi connectivity index (χ2v) is 3.52. The molecule has 4 heteroatoms. The van der Waals surface area contributed by atoms with Gasteiger partial charge in [0, 0.05) is 0 Å². The minimum absolute atomic E-state index is 0.316. The smallest absolute Gasteiger partial charge is 0.249 e. The summed E-state index contributed by atoms with van der Waals surface area (Å²) in [4.78, 5) is 10.7. The van der Waals surface area contributed by atoms with Gasteiger partial charge < -0.3 is 16.6 Å². The molecule has 0 aromatic carbocycles. The highest BCUT2D eigenvalue weighted by atomic mass is 16.3. The van der Waals surface area contributed by atoms with Gasteiger partial charge in [-0.05, 0) is 32.2 Å². The predicted molar refractivity (Wildman–Crippen MR) is 47.3 cm³/mol. The van der Waals surface area contributed by atoms with Crippen molar-refractivity contribution in [3.8, 4) is 0 Å². The standard InChI is InChI=1S/C8H18N2O2/c1-6(5-9)3-4-8(2,12)7(10)11/h6,12H,3-5,9H2,1-2H3,(H2,10,11)/t6-,8-/m1/s1. The van der Waals surface area contributed by atoms with Crippen LogP contribution >= 0.6 is 0 Å². The largest absolute Gasteiger partial charge is 0.380 e. The van der Waals surface area contributed by atoms with Gasteiger partial charge in [0.1, 0.15) is 5.60 Å². The van der Waals surface area contributed by atoms with Crippen molar-refractivity contribution in [1.29, 1.82) is 0 Å². The molecule has 0 saturated heterocycles. The number of primary amides is 1. The van der Waals surface area contributed by atoms with Crippen LogP contribution in [0.15, 0.2) is 0 Å². The molecular formula is C8H18N2O2. The van der Waals surface area contributed by atoms with Crippen LogP contribution < -0.4 is 11.5 Å². The fourth-order valence-corrected chi connectivity index (χ4v) is 0.769. The van der Waals surface area contributed by atoms with Crippen LogP contribution in [0.4, 0.5) is 0 Å². The third-order valence-electron chi connectivity index (χ3n) is 2.06. The number of carbonyl (C=O) groups excluding carboxylic acids is 1. The molecule has 0 aliphatic carbocycles. The summed E-state index contributed by atoms with van der Waals surface area (Å²) in [5.74, 6) is -0.359. The molecule has 1 amide bonds. The summed E-state index contributed by atoms with van der Waals surface area (Å²) < 4.78 is 0. The van der Waals surface area contributed by atoms with Gasteiger partial charge in [-0.15, -0.1) is 0 Å². The molecular weight excluding hydrogens is 156 g/mol. The maximum Gasteiger partial charge on any atom is 0.249 e. The molecule has 4 nitrogen and oxygen atoms in total. The zero-order valence-electron chi connectivity index (χ0n) is 7.71. The minimum atomic E-state index is -1.39. The van der Waals surface area contributed by atoms with Crippen molar-refractivity contribution >= 4 is 5.91 Å². The van der Waals surface area contributed by atoms with Gasteiger partial charge in [0.15, 0.2) is 0 Å². The van der Waals surface area contributed by atoms with Gasteiger partial charge in [0.25, 0.3) is 0 Å². The highest BCUT2D eigenvalue weighted by Crippen LogP contribution is 2.15. The second-order valence-electron chi connectivity index (χ2n) is 3.52. The van der Waals surface area contributed by atoms with Crippen LogP contribution in [0, 0.1) is 5.92 Å². The molecule has 0 rings (SSSR count). The number of aliphatic hydroxyl groups is 1. The molecule has 0 bridgehead atoms. The first-order valence-corrected chi connectivity index (χ1v) is 4.12. The molecule has 0 aromatic rings. The maximum absolute atomic E-state index is 10.7. The minimum Gasteiger partial charge on any atom is -0.380 e. The van der Waals surface area contributed by atoms with E-state index in [0.717, 1.165) is 0 Å². The van der Waals surface area contributed by atoms with Crippen molar-refractivity contribution in [2.24, 2.45) is 17.4 Å². The Hall–Kier alpha value is -0.610. The molecule has 5 N–H and O–H groups in total. The number of hydrogen-bond donors (Lipinski definition) is 3. The Balaban J connectivity index is 3.83. The van der Waals surface area contributed by atoms with Gasteiger partial charge in [-0.1, -0.05) is 6.92 Å². The van der Waals surface area contributed by atoms with Crippen LogP contribution in [0.2, 0.25) is 0 Å². The summed E-state index contributed by atoms with van der Waals surface area (Å²) in [7, 11) is 0. The van der Waals surface area contributed by atoms with E-state index >= 15 is 0 Å². The van der Waals surface area contributed by atoms with E-state index in [1.807, 2.05) is 6.92 Å². The lowest BCUT2D eigenvalue weighted by molar-refractivity contribution is -0.135. The molecule has 0 radical (unpaired) electrons. The van der Waals surface area contributed by atoms with E-state index in [1.54, 1.807) is 0 Å². The van der Waals surface area contributed by atoms with E-state index in [-0.39, 0.29) is 0 Å². The molecule has 2 atom stereocenters. The average Bonchev–Trinajstić information content (AvgIpc) is 2.00. The second kappa shape index (κ2) is 4.42. The van der Waals surface area contributed by atoms with E-state index in [9.17, 15) is 9.90 Å². The molecule has 0 aliphatic rings. The molecule has 0 aromatic heterocycles. The normalized spacial score (nSPS) is 18.3. The Labute approximate surface area is 72.9 Å². The topological polar surface area (TPSA) is 89.3 Å². The summed E-state index contributed by atoms with van der Waals surface area (Å²) in [5, 5.41) is 9.42. The maximum atomic E-state index is 10.7. The molecule has 72 valence electrons. The molecule has 0 unspecified atom stereocenters. The third-order valence-corrected chi connectivity index (χ3v) is 2.06. The molecule has 12 heavy (non-hydrogen) atoms.